The fourth-order valence-corrected chi connectivity index (χ4v) is 12.3. The summed E-state index contributed by atoms with van der Waals surface area (Å²) in [5.74, 6) is 1.95. The second kappa shape index (κ2) is 15.4. The summed E-state index contributed by atoms with van der Waals surface area (Å²) in [6, 6.07) is 50.5. The summed E-state index contributed by atoms with van der Waals surface area (Å²) in [4.78, 5) is 21.4. The molecule has 12 rings (SSSR count). The molecule has 0 atom stereocenters. The van der Waals surface area contributed by atoms with Crippen LogP contribution in [0.2, 0.25) is 0 Å². The van der Waals surface area contributed by atoms with Crippen LogP contribution in [0.15, 0.2) is 133 Å². The van der Waals surface area contributed by atoms with Crippen LogP contribution >= 0.6 is 0 Å². The molecule has 4 aliphatic rings. The summed E-state index contributed by atoms with van der Waals surface area (Å²) in [5, 5.41) is 0. The first-order valence-electron chi connectivity index (χ1n) is 26.6. The van der Waals surface area contributed by atoms with Crippen molar-refractivity contribution in [3.63, 3.8) is 0 Å². The average Bonchev–Trinajstić information content (AvgIpc) is 3.34. The number of rotatable bonds is 3. The van der Waals surface area contributed by atoms with Crippen LogP contribution in [0.1, 0.15) is 155 Å². The third-order valence-electron chi connectivity index (χ3n) is 16.8. The molecular weight excluding hydrogens is 886 g/mol. The van der Waals surface area contributed by atoms with E-state index in [1.165, 1.54) is 95.0 Å². The van der Waals surface area contributed by atoms with E-state index in [-0.39, 0.29) is 39.2 Å². The van der Waals surface area contributed by atoms with Gasteiger partial charge in [-0.05, 0) is 107 Å². The van der Waals surface area contributed by atoms with Crippen molar-refractivity contribution in [3.8, 4) is 34.2 Å². The van der Waals surface area contributed by atoms with E-state index in [9.17, 15) is 0 Å². The van der Waals surface area contributed by atoms with Gasteiger partial charge in [-0.25, -0.2) is 15.0 Å². The number of hydrogen-bond acceptors (Lipinski definition) is 5. The molecule has 0 unspecified atom stereocenters. The van der Waals surface area contributed by atoms with E-state index in [1.807, 2.05) is 12.1 Å². The maximum absolute atomic E-state index is 5.44. The second-order valence-electron chi connectivity index (χ2n) is 26.7. The van der Waals surface area contributed by atoms with Crippen molar-refractivity contribution >= 4 is 57.2 Å². The number of aromatic nitrogens is 3. The first-order chi connectivity index (χ1) is 34.2. The molecule has 8 aromatic rings. The zero-order valence-corrected chi connectivity index (χ0v) is 46.0. The minimum absolute atomic E-state index is 0.0318. The van der Waals surface area contributed by atoms with E-state index >= 15 is 0 Å². The molecule has 0 bridgehead atoms. The largest absolute Gasteiger partial charge is 0.311 e. The molecule has 0 fully saturated rings. The van der Waals surface area contributed by atoms with Gasteiger partial charge < -0.3 is 9.80 Å². The molecule has 0 spiro atoms. The van der Waals surface area contributed by atoms with Gasteiger partial charge in [0.1, 0.15) is 0 Å². The highest BCUT2D eigenvalue weighted by Crippen LogP contribution is 2.59. The lowest BCUT2D eigenvalue weighted by Gasteiger charge is -2.53. The molecule has 0 aliphatic carbocycles. The van der Waals surface area contributed by atoms with Gasteiger partial charge in [-0.15, -0.1) is 0 Å². The van der Waals surface area contributed by atoms with Gasteiger partial charge in [0.25, 0.3) is 6.71 Å². The summed E-state index contributed by atoms with van der Waals surface area (Å²) in [6.07, 6.45) is 0. The smallest absolute Gasteiger partial charge is 0.252 e. The SMILES string of the molecule is CC(C)(C)c1ccc2c(c1)C(C)(C)c1cc(C(C)(C)C)cc3c1N2c1cc(-c2nc(-c4ccccc4)nc(-c4ccccc4)n2)cc2c1B3c1cc(C(C)(C)C)cc3c1N2c1ccc(C(C)(C)C)cc1C3(C)C. The Hall–Kier alpha value is -6.79. The first-order valence-corrected chi connectivity index (χ1v) is 26.6. The lowest BCUT2D eigenvalue weighted by atomic mass is 9.32. The minimum atomic E-state index is -0.307. The Morgan fingerprint density at radius 1 is 0.356 bits per heavy atom. The number of hydrogen-bond donors (Lipinski definition) is 0. The number of fused-ring (bicyclic) bond motifs is 8. The highest BCUT2D eigenvalue weighted by Gasteiger charge is 2.52. The molecule has 366 valence electrons. The molecule has 0 saturated carbocycles. The summed E-state index contributed by atoms with van der Waals surface area (Å²) in [7, 11) is 0. The van der Waals surface area contributed by atoms with Crippen LogP contribution in [0.5, 0.6) is 0 Å². The number of nitrogens with zero attached hydrogens (tertiary/aromatic N) is 5. The highest BCUT2D eigenvalue weighted by atomic mass is 15.2. The molecule has 7 aromatic carbocycles. The zero-order valence-electron chi connectivity index (χ0n) is 46.0. The number of benzene rings is 7. The maximum Gasteiger partial charge on any atom is 0.252 e. The molecule has 73 heavy (non-hydrogen) atoms. The van der Waals surface area contributed by atoms with Crippen LogP contribution in [0.25, 0.3) is 34.2 Å². The monoisotopic (exact) mass is 956 g/mol. The quantitative estimate of drug-likeness (QED) is 0.165. The normalized spacial score (nSPS) is 15.8. The first kappa shape index (κ1) is 47.2. The predicted octanol–water partition coefficient (Wildman–Crippen LogP) is 15.4. The van der Waals surface area contributed by atoms with Gasteiger partial charge >= 0.3 is 0 Å². The van der Waals surface area contributed by atoms with E-state index in [1.54, 1.807) is 0 Å². The zero-order chi connectivity index (χ0) is 51.7. The van der Waals surface area contributed by atoms with Gasteiger partial charge in [0, 0.05) is 50.3 Å². The number of anilines is 6. The van der Waals surface area contributed by atoms with Crippen molar-refractivity contribution in [2.75, 3.05) is 9.80 Å². The van der Waals surface area contributed by atoms with Crippen molar-refractivity contribution in [1.29, 1.82) is 0 Å². The predicted molar refractivity (Wildman–Crippen MR) is 309 cm³/mol. The van der Waals surface area contributed by atoms with Crippen LogP contribution in [0, 0.1) is 0 Å². The van der Waals surface area contributed by atoms with Crippen LogP contribution in [0.3, 0.4) is 0 Å². The third-order valence-corrected chi connectivity index (χ3v) is 16.8. The Balaban J connectivity index is 1.26. The average molecular weight is 956 g/mol. The van der Waals surface area contributed by atoms with E-state index < -0.39 is 0 Å². The van der Waals surface area contributed by atoms with Crippen molar-refractivity contribution < 1.29 is 0 Å². The van der Waals surface area contributed by atoms with Crippen LogP contribution < -0.4 is 26.2 Å². The van der Waals surface area contributed by atoms with Crippen LogP contribution in [-0.2, 0) is 32.5 Å². The third kappa shape index (κ3) is 7.13. The summed E-state index contributed by atoms with van der Waals surface area (Å²) in [5.41, 5.74) is 24.3. The lowest BCUT2D eigenvalue weighted by molar-refractivity contribution is 0.573. The molecule has 0 radical (unpaired) electrons. The maximum atomic E-state index is 5.44. The molecule has 5 heterocycles. The standard InChI is InChI=1S/C67H70BN5/c1-62(2,3)42-27-29-52-46(33-42)66(13,14)48-35-44(64(7,8)9)37-50-57(48)72(52)54-31-41(61-70-59(39-23-19-17-20-24-39)69-60(71-61)40-25-21-18-22-26-40)32-55-56(54)68(50)51-38-45(65(10,11)12)36-49-58(51)73(55)53-30-28-43(63(4,5)6)34-47(53)67(49,15)16/h17-38H,1-16H3. The van der Waals surface area contributed by atoms with E-state index in [0.717, 1.165) is 16.7 Å². The Labute approximate surface area is 435 Å². The molecule has 0 amide bonds. The van der Waals surface area contributed by atoms with Gasteiger partial charge in [0.2, 0.25) is 0 Å². The minimum Gasteiger partial charge on any atom is -0.311 e. The molecule has 5 nitrogen and oxygen atoms in total. The van der Waals surface area contributed by atoms with Crippen molar-refractivity contribution in [2.45, 2.75) is 143 Å². The fourth-order valence-electron chi connectivity index (χ4n) is 12.3. The van der Waals surface area contributed by atoms with Gasteiger partial charge in [-0.3, -0.25) is 0 Å². The summed E-state index contributed by atoms with van der Waals surface area (Å²) >= 11 is 0. The Morgan fingerprint density at radius 3 is 1.05 bits per heavy atom. The fraction of sp³-hybridized carbons (Fsp3) is 0.328. The molecule has 0 N–H and O–H groups in total. The molecule has 1 aromatic heterocycles. The van der Waals surface area contributed by atoms with E-state index in [4.69, 9.17) is 15.0 Å². The van der Waals surface area contributed by atoms with Gasteiger partial charge in [0.05, 0.1) is 11.4 Å². The Kier molecular flexibility index (Phi) is 9.95. The second-order valence-corrected chi connectivity index (χ2v) is 26.7. The van der Waals surface area contributed by atoms with Crippen molar-refractivity contribution in [1.82, 2.24) is 15.0 Å². The van der Waals surface area contributed by atoms with Gasteiger partial charge in [-0.2, -0.15) is 0 Å². The summed E-state index contributed by atoms with van der Waals surface area (Å²) in [6.45, 7) is 38.1. The van der Waals surface area contributed by atoms with Crippen LogP contribution in [0.4, 0.5) is 34.1 Å². The van der Waals surface area contributed by atoms with Crippen molar-refractivity contribution in [2.24, 2.45) is 0 Å². The van der Waals surface area contributed by atoms with Crippen molar-refractivity contribution in [3.05, 3.63) is 178 Å². The van der Waals surface area contributed by atoms with E-state index in [0.29, 0.717) is 17.5 Å². The van der Waals surface area contributed by atoms with Gasteiger partial charge in [0.15, 0.2) is 17.5 Å². The molecule has 6 heteroatoms. The Bertz CT molecular complexity index is 3380. The van der Waals surface area contributed by atoms with Gasteiger partial charge in [-0.1, -0.05) is 220 Å². The molecular formula is C67H70BN5. The topological polar surface area (TPSA) is 45.2 Å². The summed E-state index contributed by atoms with van der Waals surface area (Å²) < 4.78 is 0. The molecule has 0 saturated heterocycles. The lowest BCUT2D eigenvalue weighted by Crippen LogP contribution is -2.63. The highest BCUT2D eigenvalue weighted by molar-refractivity contribution is 7.00. The van der Waals surface area contributed by atoms with E-state index in [2.05, 4.69) is 242 Å². The van der Waals surface area contributed by atoms with Crippen LogP contribution in [-0.4, -0.2) is 21.7 Å². The Morgan fingerprint density at radius 2 is 0.699 bits per heavy atom. The molecule has 4 aliphatic heterocycles.